The van der Waals surface area contributed by atoms with Gasteiger partial charge in [0.05, 0.1) is 10.7 Å². The first-order chi connectivity index (χ1) is 12.0. The summed E-state index contributed by atoms with van der Waals surface area (Å²) < 4.78 is 5.59. The van der Waals surface area contributed by atoms with Gasteiger partial charge in [-0.1, -0.05) is 11.6 Å². The highest BCUT2D eigenvalue weighted by molar-refractivity contribution is 6.34. The topological polar surface area (TPSA) is 79.0 Å². The van der Waals surface area contributed by atoms with Gasteiger partial charge in [-0.2, -0.15) is 0 Å². The Morgan fingerprint density at radius 1 is 1.16 bits per heavy atom. The van der Waals surface area contributed by atoms with Crippen molar-refractivity contribution in [1.82, 2.24) is 10.2 Å². The van der Waals surface area contributed by atoms with E-state index in [-0.39, 0.29) is 31.4 Å². The summed E-state index contributed by atoms with van der Waals surface area (Å²) in [6.45, 7) is 1.75. The number of amides is 4. The van der Waals surface area contributed by atoms with Crippen molar-refractivity contribution in [2.45, 2.75) is 25.7 Å². The van der Waals surface area contributed by atoms with Gasteiger partial charge in [0.25, 0.3) is 5.91 Å². The summed E-state index contributed by atoms with van der Waals surface area (Å²) in [5.41, 5.74) is 0.453. The van der Waals surface area contributed by atoms with Crippen LogP contribution in [0.5, 0.6) is 5.75 Å². The number of carbonyl (C=O) groups excluding carboxylic acids is 3. The van der Waals surface area contributed by atoms with Crippen LogP contribution in [0.25, 0.3) is 0 Å². The van der Waals surface area contributed by atoms with E-state index in [1.54, 1.807) is 18.2 Å². The molecule has 4 amide bonds. The molecule has 0 bridgehead atoms. The number of nitrogens with zero attached hydrogens (tertiary/aromatic N) is 2. The van der Waals surface area contributed by atoms with Gasteiger partial charge >= 0.3 is 6.03 Å². The maximum Gasteiger partial charge on any atom is 0.328 e. The summed E-state index contributed by atoms with van der Waals surface area (Å²) in [4.78, 5) is 38.6. The fraction of sp³-hybridized carbons (Fsp3) is 0.471. The second-order valence-corrected chi connectivity index (χ2v) is 6.51. The SMILES string of the molecule is O=C1CCN(c2cc(OCC(=O)N3CCCCC3)ccc2Cl)C(=O)N1. The minimum atomic E-state index is -0.514. The molecule has 2 fully saturated rings. The summed E-state index contributed by atoms with van der Waals surface area (Å²) >= 11 is 6.18. The number of ether oxygens (including phenoxy) is 1. The molecule has 134 valence electrons. The molecule has 25 heavy (non-hydrogen) atoms. The monoisotopic (exact) mass is 365 g/mol. The van der Waals surface area contributed by atoms with Crippen LogP contribution in [0.4, 0.5) is 10.5 Å². The zero-order chi connectivity index (χ0) is 17.8. The third kappa shape index (κ3) is 4.22. The lowest BCUT2D eigenvalue weighted by Gasteiger charge is -2.28. The van der Waals surface area contributed by atoms with Gasteiger partial charge in [-0.3, -0.25) is 19.8 Å². The maximum atomic E-state index is 12.2. The van der Waals surface area contributed by atoms with E-state index >= 15 is 0 Å². The first kappa shape index (κ1) is 17.5. The molecule has 0 aromatic heterocycles. The minimum Gasteiger partial charge on any atom is -0.484 e. The number of halogens is 1. The van der Waals surface area contributed by atoms with Crippen LogP contribution in [-0.4, -0.2) is 49.0 Å². The zero-order valence-electron chi connectivity index (χ0n) is 13.8. The Labute approximate surface area is 150 Å². The molecule has 1 N–H and O–H groups in total. The molecule has 0 saturated carbocycles. The van der Waals surface area contributed by atoms with E-state index in [9.17, 15) is 14.4 Å². The van der Waals surface area contributed by atoms with Crippen LogP contribution in [0.1, 0.15) is 25.7 Å². The van der Waals surface area contributed by atoms with Crippen molar-refractivity contribution < 1.29 is 19.1 Å². The van der Waals surface area contributed by atoms with Crippen LogP contribution in [0.3, 0.4) is 0 Å². The first-order valence-corrected chi connectivity index (χ1v) is 8.74. The minimum absolute atomic E-state index is 0.0440. The molecule has 1 aromatic rings. The molecule has 0 spiro atoms. The summed E-state index contributed by atoms with van der Waals surface area (Å²) in [6, 6.07) is 4.37. The molecule has 7 nitrogen and oxygen atoms in total. The lowest BCUT2D eigenvalue weighted by molar-refractivity contribution is -0.134. The van der Waals surface area contributed by atoms with Crippen LogP contribution >= 0.6 is 11.6 Å². The van der Waals surface area contributed by atoms with Gasteiger partial charge in [0.15, 0.2) is 6.61 Å². The van der Waals surface area contributed by atoms with Gasteiger partial charge in [0.2, 0.25) is 5.91 Å². The Kier molecular flexibility index (Phi) is 5.43. The third-order valence-corrected chi connectivity index (χ3v) is 4.65. The van der Waals surface area contributed by atoms with E-state index < -0.39 is 6.03 Å². The fourth-order valence-corrected chi connectivity index (χ4v) is 3.18. The van der Waals surface area contributed by atoms with Crippen molar-refractivity contribution in [2.24, 2.45) is 0 Å². The average molecular weight is 366 g/mol. The molecule has 2 aliphatic rings. The highest BCUT2D eigenvalue weighted by Gasteiger charge is 2.26. The Hall–Kier alpha value is -2.28. The standard InChI is InChI=1S/C17H20ClN3O4/c18-13-5-4-12(25-11-16(23)20-7-2-1-3-8-20)10-14(13)21-9-6-15(22)19-17(21)24/h4-5,10H,1-3,6-9,11H2,(H,19,22,24). The van der Waals surface area contributed by atoms with Gasteiger partial charge < -0.3 is 9.64 Å². The third-order valence-electron chi connectivity index (χ3n) is 4.33. The Balaban J connectivity index is 1.66. The van der Waals surface area contributed by atoms with E-state index in [2.05, 4.69) is 5.32 Å². The number of hydrogen-bond acceptors (Lipinski definition) is 4. The average Bonchev–Trinajstić information content (AvgIpc) is 2.62. The van der Waals surface area contributed by atoms with Crippen molar-refractivity contribution in [1.29, 1.82) is 0 Å². The molecule has 0 radical (unpaired) electrons. The molecule has 0 unspecified atom stereocenters. The second-order valence-electron chi connectivity index (χ2n) is 6.10. The number of anilines is 1. The van der Waals surface area contributed by atoms with Gasteiger partial charge in [-0.15, -0.1) is 0 Å². The van der Waals surface area contributed by atoms with Crippen LogP contribution in [-0.2, 0) is 9.59 Å². The van der Waals surface area contributed by atoms with E-state index in [1.165, 1.54) is 4.90 Å². The van der Waals surface area contributed by atoms with E-state index in [0.29, 0.717) is 16.5 Å². The van der Waals surface area contributed by atoms with Gasteiger partial charge in [-0.25, -0.2) is 4.79 Å². The smallest absolute Gasteiger partial charge is 0.328 e. The number of rotatable bonds is 4. The van der Waals surface area contributed by atoms with Gasteiger partial charge in [-0.05, 0) is 31.4 Å². The Morgan fingerprint density at radius 2 is 1.92 bits per heavy atom. The number of likely N-dealkylation sites (tertiary alicyclic amines) is 1. The number of piperidine rings is 1. The first-order valence-electron chi connectivity index (χ1n) is 8.36. The molecule has 3 rings (SSSR count). The molecule has 2 heterocycles. The van der Waals surface area contributed by atoms with Crippen molar-refractivity contribution >= 4 is 35.1 Å². The lowest BCUT2D eigenvalue weighted by atomic mass is 10.1. The largest absolute Gasteiger partial charge is 0.484 e. The molecular formula is C17H20ClN3O4. The van der Waals surface area contributed by atoms with E-state index in [4.69, 9.17) is 16.3 Å². The maximum absolute atomic E-state index is 12.2. The molecule has 2 aliphatic heterocycles. The van der Waals surface area contributed by atoms with Crippen molar-refractivity contribution in [3.05, 3.63) is 23.2 Å². The fourth-order valence-electron chi connectivity index (χ4n) is 2.96. The molecule has 8 heteroatoms. The molecule has 1 aromatic carbocycles. The second kappa shape index (κ2) is 7.74. The number of nitrogens with one attached hydrogen (secondary N) is 1. The molecular weight excluding hydrogens is 346 g/mol. The van der Waals surface area contributed by atoms with Crippen LogP contribution in [0.2, 0.25) is 5.02 Å². The van der Waals surface area contributed by atoms with Crippen LogP contribution < -0.4 is 15.0 Å². The summed E-state index contributed by atoms with van der Waals surface area (Å²) in [5, 5.41) is 2.63. The quantitative estimate of drug-likeness (QED) is 0.887. The molecule has 2 saturated heterocycles. The van der Waals surface area contributed by atoms with Crippen LogP contribution in [0, 0.1) is 0 Å². The summed E-state index contributed by atoms with van der Waals surface area (Å²) in [5.74, 6) is 0.101. The number of carbonyl (C=O) groups is 3. The molecule has 0 atom stereocenters. The number of benzene rings is 1. The van der Waals surface area contributed by atoms with Crippen molar-refractivity contribution in [2.75, 3.05) is 31.1 Å². The van der Waals surface area contributed by atoms with Gasteiger partial charge in [0, 0.05) is 32.1 Å². The van der Waals surface area contributed by atoms with E-state index in [0.717, 1.165) is 32.4 Å². The summed E-state index contributed by atoms with van der Waals surface area (Å²) in [7, 11) is 0. The van der Waals surface area contributed by atoms with Gasteiger partial charge in [0.1, 0.15) is 5.75 Å². The number of urea groups is 1. The normalized spacial score (nSPS) is 18.1. The van der Waals surface area contributed by atoms with Crippen LogP contribution in [0.15, 0.2) is 18.2 Å². The predicted molar refractivity (Wildman–Crippen MR) is 92.9 cm³/mol. The predicted octanol–water partition coefficient (Wildman–Crippen LogP) is 2.18. The highest BCUT2D eigenvalue weighted by Crippen LogP contribution is 2.31. The van der Waals surface area contributed by atoms with Crippen molar-refractivity contribution in [3.8, 4) is 5.75 Å². The number of hydrogen-bond donors (Lipinski definition) is 1. The Morgan fingerprint density at radius 3 is 2.64 bits per heavy atom. The van der Waals surface area contributed by atoms with Crippen molar-refractivity contribution in [3.63, 3.8) is 0 Å². The zero-order valence-corrected chi connectivity index (χ0v) is 14.6. The van der Waals surface area contributed by atoms with E-state index in [1.807, 2.05) is 4.90 Å². The molecule has 0 aliphatic carbocycles. The Bertz CT molecular complexity index is 688. The summed E-state index contributed by atoms with van der Waals surface area (Å²) in [6.07, 6.45) is 3.42. The number of imide groups is 1. The lowest BCUT2D eigenvalue weighted by Crippen LogP contribution is -2.49. The highest BCUT2D eigenvalue weighted by atomic mass is 35.5.